The van der Waals surface area contributed by atoms with Gasteiger partial charge in [-0.1, -0.05) is 12.1 Å². The molecule has 1 aliphatic rings. The van der Waals surface area contributed by atoms with Gasteiger partial charge in [0.15, 0.2) is 0 Å². The summed E-state index contributed by atoms with van der Waals surface area (Å²) in [6, 6.07) is 8.49. The molecule has 0 aromatic heterocycles. The van der Waals surface area contributed by atoms with Gasteiger partial charge in [0.2, 0.25) is 0 Å². The lowest BCUT2D eigenvalue weighted by molar-refractivity contribution is 0.216. The molecule has 1 aromatic carbocycles. The first kappa shape index (κ1) is 11.5. The van der Waals surface area contributed by atoms with Crippen LogP contribution in [0.25, 0.3) is 0 Å². The Labute approximate surface area is 97.9 Å². The SMILES string of the molecule is CN(C)C1CCC(c2ccc(O)cc2)CC1. The summed E-state index contributed by atoms with van der Waals surface area (Å²) in [5, 5.41) is 9.26. The molecule has 2 heteroatoms. The van der Waals surface area contributed by atoms with Crippen LogP contribution in [0.1, 0.15) is 37.2 Å². The lowest BCUT2D eigenvalue weighted by Gasteiger charge is -2.32. The summed E-state index contributed by atoms with van der Waals surface area (Å²) in [6.07, 6.45) is 5.12. The minimum absolute atomic E-state index is 0.366. The van der Waals surface area contributed by atoms with Crippen LogP contribution in [0.5, 0.6) is 5.75 Å². The summed E-state index contributed by atoms with van der Waals surface area (Å²) in [4.78, 5) is 2.34. The van der Waals surface area contributed by atoms with Gasteiger partial charge in [0.25, 0.3) is 0 Å². The molecule has 0 heterocycles. The van der Waals surface area contributed by atoms with Crippen molar-refractivity contribution in [2.45, 2.75) is 37.6 Å². The summed E-state index contributed by atoms with van der Waals surface area (Å²) in [7, 11) is 4.34. The van der Waals surface area contributed by atoms with Crippen molar-refractivity contribution < 1.29 is 5.11 Å². The number of rotatable bonds is 2. The zero-order valence-electron chi connectivity index (χ0n) is 10.2. The largest absolute Gasteiger partial charge is 0.508 e. The van der Waals surface area contributed by atoms with Gasteiger partial charge in [0, 0.05) is 6.04 Å². The Morgan fingerprint density at radius 2 is 1.56 bits per heavy atom. The normalized spacial score (nSPS) is 25.9. The summed E-state index contributed by atoms with van der Waals surface area (Å²) >= 11 is 0. The topological polar surface area (TPSA) is 23.5 Å². The van der Waals surface area contributed by atoms with Crippen LogP contribution in [-0.4, -0.2) is 30.1 Å². The molecule has 88 valence electrons. The fraction of sp³-hybridized carbons (Fsp3) is 0.571. The molecule has 1 fully saturated rings. The molecule has 1 aromatic rings. The van der Waals surface area contributed by atoms with Crippen LogP contribution in [0.4, 0.5) is 0 Å². The molecule has 2 rings (SSSR count). The van der Waals surface area contributed by atoms with Crippen molar-refractivity contribution in [1.82, 2.24) is 4.90 Å². The van der Waals surface area contributed by atoms with Crippen molar-refractivity contribution in [1.29, 1.82) is 0 Å². The van der Waals surface area contributed by atoms with Crippen molar-refractivity contribution in [3.05, 3.63) is 29.8 Å². The first-order chi connectivity index (χ1) is 7.66. The first-order valence-corrected chi connectivity index (χ1v) is 6.12. The second-order valence-corrected chi connectivity index (χ2v) is 5.06. The Morgan fingerprint density at radius 1 is 1.00 bits per heavy atom. The van der Waals surface area contributed by atoms with E-state index in [4.69, 9.17) is 0 Å². The molecule has 1 aliphatic carbocycles. The summed E-state index contributed by atoms with van der Waals surface area (Å²) in [5.74, 6) is 1.06. The number of hydrogen-bond acceptors (Lipinski definition) is 2. The third-order valence-corrected chi connectivity index (χ3v) is 3.79. The Kier molecular flexibility index (Phi) is 3.49. The fourth-order valence-electron chi connectivity index (χ4n) is 2.67. The average molecular weight is 219 g/mol. The zero-order chi connectivity index (χ0) is 11.5. The van der Waals surface area contributed by atoms with Crippen LogP contribution in [-0.2, 0) is 0 Å². The van der Waals surface area contributed by atoms with Gasteiger partial charge in [0.05, 0.1) is 0 Å². The lowest BCUT2D eigenvalue weighted by atomic mass is 9.81. The predicted octanol–water partition coefficient (Wildman–Crippen LogP) is 2.98. The molecule has 0 atom stereocenters. The maximum absolute atomic E-state index is 9.26. The number of nitrogens with zero attached hydrogens (tertiary/aromatic N) is 1. The Balaban J connectivity index is 1.96. The number of phenols is 1. The summed E-state index contributed by atoms with van der Waals surface area (Å²) in [6.45, 7) is 0. The monoisotopic (exact) mass is 219 g/mol. The first-order valence-electron chi connectivity index (χ1n) is 6.12. The second-order valence-electron chi connectivity index (χ2n) is 5.06. The van der Waals surface area contributed by atoms with E-state index in [-0.39, 0.29) is 0 Å². The minimum Gasteiger partial charge on any atom is -0.508 e. The predicted molar refractivity (Wildman–Crippen MR) is 66.8 cm³/mol. The third kappa shape index (κ3) is 2.56. The molecule has 0 spiro atoms. The van der Waals surface area contributed by atoms with Crippen LogP contribution >= 0.6 is 0 Å². The highest BCUT2D eigenvalue weighted by Crippen LogP contribution is 2.34. The van der Waals surface area contributed by atoms with E-state index >= 15 is 0 Å². The number of benzene rings is 1. The van der Waals surface area contributed by atoms with Crippen molar-refractivity contribution >= 4 is 0 Å². The van der Waals surface area contributed by atoms with Crippen molar-refractivity contribution in [2.75, 3.05) is 14.1 Å². The highest BCUT2D eigenvalue weighted by molar-refractivity contribution is 5.28. The Hall–Kier alpha value is -1.02. The zero-order valence-corrected chi connectivity index (χ0v) is 10.2. The van der Waals surface area contributed by atoms with E-state index in [0.717, 1.165) is 6.04 Å². The van der Waals surface area contributed by atoms with Crippen LogP contribution in [0.3, 0.4) is 0 Å². The molecule has 0 saturated heterocycles. The van der Waals surface area contributed by atoms with Gasteiger partial charge in [-0.15, -0.1) is 0 Å². The van der Waals surface area contributed by atoms with Crippen molar-refractivity contribution in [2.24, 2.45) is 0 Å². The van der Waals surface area contributed by atoms with E-state index < -0.39 is 0 Å². The molecule has 0 radical (unpaired) electrons. The molecule has 16 heavy (non-hydrogen) atoms. The molecule has 0 aliphatic heterocycles. The molecule has 0 bridgehead atoms. The van der Waals surface area contributed by atoms with Crippen LogP contribution in [0.15, 0.2) is 24.3 Å². The summed E-state index contributed by atoms with van der Waals surface area (Å²) in [5.41, 5.74) is 1.38. The van der Waals surface area contributed by atoms with E-state index in [9.17, 15) is 5.11 Å². The van der Waals surface area contributed by atoms with E-state index in [2.05, 4.69) is 31.1 Å². The van der Waals surface area contributed by atoms with Crippen molar-refractivity contribution in [3.63, 3.8) is 0 Å². The van der Waals surface area contributed by atoms with Crippen LogP contribution in [0, 0.1) is 0 Å². The lowest BCUT2D eigenvalue weighted by Crippen LogP contribution is -2.31. The number of aromatic hydroxyl groups is 1. The smallest absolute Gasteiger partial charge is 0.115 e. The average Bonchev–Trinajstić information content (AvgIpc) is 2.30. The van der Waals surface area contributed by atoms with Gasteiger partial charge in [-0.3, -0.25) is 0 Å². The highest BCUT2D eigenvalue weighted by Gasteiger charge is 2.23. The van der Waals surface area contributed by atoms with E-state index in [1.807, 2.05) is 0 Å². The van der Waals surface area contributed by atoms with E-state index in [0.29, 0.717) is 11.7 Å². The van der Waals surface area contributed by atoms with Gasteiger partial charge in [-0.2, -0.15) is 0 Å². The van der Waals surface area contributed by atoms with Gasteiger partial charge in [-0.25, -0.2) is 0 Å². The van der Waals surface area contributed by atoms with Gasteiger partial charge < -0.3 is 10.0 Å². The van der Waals surface area contributed by atoms with Crippen molar-refractivity contribution in [3.8, 4) is 5.75 Å². The minimum atomic E-state index is 0.366. The second kappa shape index (κ2) is 4.88. The Morgan fingerprint density at radius 3 is 2.06 bits per heavy atom. The molecule has 1 saturated carbocycles. The quantitative estimate of drug-likeness (QED) is 0.826. The molecule has 2 nitrogen and oxygen atoms in total. The van der Waals surface area contributed by atoms with Gasteiger partial charge >= 0.3 is 0 Å². The van der Waals surface area contributed by atoms with Crippen LogP contribution < -0.4 is 0 Å². The maximum atomic E-state index is 9.26. The molecule has 0 unspecified atom stereocenters. The molecule has 0 amide bonds. The Bertz CT molecular complexity index is 323. The standard InChI is InChI=1S/C14H21NO/c1-15(2)13-7-3-11(4-8-13)12-5-9-14(16)10-6-12/h5-6,9-11,13,16H,3-4,7-8H2,1-2H3. The summed E-state index contributed by atoms with van der Waals surface area (Å²) < 4.78 is 0. The van der Waals surface area contributed by atoms with Gasteiger partial charge in [-0.05, 0) is 63.4 Å². The molecule has 1 N–H and O–H groups in total. The van der Waals surface area contributed by atoms with Gasteiger partial charge in [0.1, 0.15) is 5.75 Å². The van der Waals surface area contributed by atoms with E-state index in [1.54, 1.807) is 12.1 Å². The number of phenolic OH excluding ortho intramolecular Hbond substituents is 1. The van der Waals surface area contributed by atoms with Crippen LogP contribution in [0.2, 0.25) is 0 Å². The molecular formula is C14H21NO. The fourth-order valence-corrected chi connectivity index (χ4v) is 2.67. The maximum Gasteiger partial charge on any atom is 0.115 e. The third-order valence-electron chi connectivity index (χ3n) is 3.79. The highest BCUT2D eigenvalue weighted by atomic mass is 16.3. The molecular weight excluding hydrogens is 198 g/mol. The number of hydrogen-bond donors (Lipinski definition) is 1. The van der Waals surface area contributed by atoms with E-state index in [1.165, 1.54) is 31.2 Å².